The molecule has 1 unspecified atom stereocenters. The Morgan fingerprint density at radius 2 is 2.41 bits per heavy atom. The fourth-order valence-corrected chi connectivity index (χ4v) is 1.28. The van der Waals surface area contributed by atoms with Gasteiger partial charge in [0, 0.05) is 18.9 Å². The van der Waals surface area contributed by atoms with Gasteiger partial charge < -0.3 is 20.7 Å². The number of nitrogens with zero attached hydrogens (tertiary/aromatic N) is 2. The molecule has 1 heterocycles. The molecular formula is C10H16N4O3. The first-order chi connectivity index (χ1) is 8.06. The number of amides is 1. The fraction of sp³-hybridized carbons (Fsp3) is 0.500. The minimum Gasteiger partial charge on any atom is -0.381 e. The molecule has 7 heteroatoms. The second-order valence-electron chi connectivity index (χ2n) is 3.57. The summed E-state index contributed by atoms with van der Waals surface area (Å²) in [5, 5.41) is 11.8. The highest BCUT2D eigenvalue weighted by Crippen LogP contribution is 1.95. The smallest absolute Gasteiger partial charge is 0.293 e. The Bertz CT molecular complexity index is 443. The van der Waals surface area contributed by atoms with Crippen LogP contribution in [0.5, 0.6) is 0 Å². The second-order valence-corrected chi connectivity index (χ2v) is 3.57. The van der Waals surface area contributed by atoms with Gasteiger partial charge in [-0.05, 0) is 6.42 Å². The number of anilines is 1. The zero-order chi connectivity index (χ0) is 12.8. The van der Waals surface area contributed by atoms with Crippen molar-refractivity contribution < 1.29 is 9.90 Å². The van der Waals surface area contributed by atoms with Crippen molar-refractivity contribution in [1.82, 2.24) is 9.55 Å². The van der Waals surface area contributed by atoms with Crippen molar-refractivity contribution in [2.45, 2.75) is 26.0 Å². The number of nitrogens with one attached hydrogen (secondary N) is 1. The van der Waals surface area contributed by atoms with E-state index in [1.165, 1.54) is 10.8 Å². The predicted octanol–water partition coefficient (Wildman–Crippen LogP) is -1.09. The summed E-state index contributed by atoms with van der Waals surface area (Å²) in [7, 11) is 0. The zero-order valence-electron chi connectivity index (χ0n) is 9.59. The molecule has 0 bridgehead atoms. The van der Waals surface area contributed by atoms with E-state index in [4.69, 9.17) is 5.73 Å². The molecule has 0 saturated carbocycles. The molecule has 0 saturated heterocycles. The lowest BCUT2D eigenvalue weighted by Crippen LogP contribution is -2.36. The number of carbonyl (C=O) groups is 1. The van der Waals surface area contributed by atoms with Crippen LogP contribution in [-0.2, 0) is 11.3 Å². The van der Waals surface area contributed by atoms with E-state index in [0.29, 0.717) is 6.54 Å². The molecule has 1 amide bonds. The van der Waals surface area contributed by atoms with Gasteiger partial charge in [-0.25, -0.2) is 4.98 Å². The van der Waals surface area contributed by atoms with Crippen LogP contribution in [-0.4, -0.2) is 33.2 Å². The fourth-order valence-electron chi connectivity index (χ4n) is 1.28. The SMILES string of the molecule is CCCn1ccnc(NCC(O)C(N)=O)c1=O. The molecule has 1 aromatic heterocycles. The number of rotatable bonds is 6. The van der Waals surface area contributed by atoms with Crippen molar-refractivity contribution in [3.63, 3.8) is 0 Å². The van der Waals surface area contributed by atoms with Gasteiger partial charge in [0.25, 0.3) is 5.56 Å². The highest BCUT2D eigenvalue weighted by molar-refractivity contribution is 5.79. The predicted molar refractivity (Wildman–Crippen MR) is 62.5 cm³/mol. The van der Waals surface area contributed by atoms with Crippen molar-refractivity contribution in [2.75, 3.05) is 11.9 Å². The van der Waals surface area contributed by atoms with Crippen molar-refractivity contribution in [1.29, 1.82) is 0 Å². The van der Waals surface area contributed by atoms with Crippen molar-refractivity contribution in [3.8, 4) is 0 Å². The number of aromatic nitrogens is 2. The van der Waals surface area contributed by atoms with Gasteiger partial charge in [0.05, 0.1) is 6.54 Å². The van der Waals surface area contributed by atoms with Gasteiger partial charge in [0.1, 0.15) is 6.10 Å². The van der Waals surface area contributed by atoms with Gasteiger partial charge in [0.2, 0.25) is 5.91 Å². The van der Waals surface area contributed by atoms with E-state index in [0.717, 1.165) is 6.42 Å². The zero-order valence-corrected chi connectivity index (χ0v) is 9.59. The molecule has 4 N–H and O–H groups in total. The molecule has 94 valence electrons. The van der Waals surface area contributed by atoms with Crippen LogP contribution in [0.2, 0.25) is 0 Å². The number of nitrogens with two attached hydrogens (primary N) is 1. The number of aliphatic hydroxyl groups excluding tert-OH is 1. The van der Waals surface area contributed by atoms with Crippen LogP contribution >= 0.6 is 0 Å². The summed E-state index contributed by atoms with van der Waals surface area (Å²) in [4.78, 5) is 26.2. The van der Waals surface area contributed by atoms with Crippen LogP contribution in [0.25, 0.3) is 0 Å². The number of primary amides is 1. The quantitative estimate of drug-likeness (QED) is 0.585. The Morgan fingerprint density at radius 1 is 1.71 bits per heavy atom. The molecule has 1 atom stereocenters. The molecule has 0 aliphatic carbocycles. The summed E-state index contributed by atoms with van der Waals surface area (Å²) in [5.41, 5.74) is 4.60. The number of hydrogen-bond acceptors (Lipinski definition) is 5. The maximum Gasteiger partial charge on any atom is 0.293 e. The maximum atomic E-state index is 11.8. The van der Waals surface area contributed by atoms with Crippen LogP contribution in [0.3, 0.4) is 0 Å². The summed E-state index contributed by atoms with van der Waals surface area (Å²) < 4.78 is 1.51. The lowest BCUT2D eigenvalue weighted by Gasteiger charge is -2.10. The van der Waals surface area contributed by atoms with Crippen molar-refractivity contribution in [3.05, 3.63) is 22.7 Å². The first kappa shape index (κ1) is 13.2. The van der Waals surface area contributed by atoms with E-state index in [1.807, 2.05) is 6.92 Å². The lowest BCUT2D eigenvalue weighted by molar-refractivity contribution is -0.125. The van der Waals surface area contributed by atoms with Gasteiger partial charge >= 0.3 is 0 Å². The molecule has 0 aliphatic heterocycles. The van der Waals surface area contributed by atoms with Crippen LogP contribution in [0.4, 0.5) is 5.82 Å². The van der Waals surface area contributed by atoms with Crippen LogP contribution < -0.4 is 16.6 Å². The van der Waals surface area contributed by atoms with E-state index in [2.05, 4.69) is 10.3 Å². The lowest BCUT2D eigenvalue weighted by atomic mass is 10.3. The summed E-state index contributed by atoms with van der Waals surface area (Å²) in [6, 6.07) is 0. The maximum absolute atomic E-state index is 11.8. The first-order valence-electron chi connectivity index (χ1n) is 5.33. The minimum absolute atomic E-state index is 0.0984. The molecule has 0 aliphatic rings. The van der Waals surface area contributed by atoms with E-state index in [1.54, 1.807) is 6.20 Å². The highest BCUT2D eigenvalue weighted by Gasteiger charge is 2.12. The first-order valence-corrected chi connectivity index (χ1v) is 5.33. The van der Waals surface area contributed by atoms with Gasteiger partial charge in [-0.3, -0.25) is 9.59 Å². The van der Waals surface area contributed by atoms with Crippen LogP contribution in [0, 0.1) is 0 Å². The third kappa shape index (κ3) is 3.56. The third-order valence-corrected chi connectivity index (χ3v) is 2.17. The monoisotopic (exact) mass is 240 g/mol. The standard InChI is InChI=1S/C10H16N4O3/c1-2-4-14-5-3-12-9(10(14)17)13-6-7(15)8(11)16/h3,5,7,15H,2,4,6H2,1H3,(H2,11,16)(H,12,13). The van der Waals surface area contributed by atoms with E-state index in [9.17, 15) is 14.7 Å². The molecule has 0 spiro atoms. The Hall–Kier alpha value is -1.89. The van der Waals surface area contributed by atoms with Crippen LogP contribution in [0.15, 0.2) is 17.2 Å². The molecule has 7 nitrogen and oxygen atoms in total. The highest BCUT2D eigenvalue weighted by atomic mass is 16.3. The number of hydrogen-bond donors (Lipinski definition) is 3. The number of aliphatic hydroxyl groups is 1. The minimum atomic E-state index is -1.34. The summed E-state index contributed by atoms with van der Waals surface area (Å²) in [5.74, 6) is -0.747. The van der Waals surface area contributed by atoms with Gasteiger partial charge in [-0.2, -0.15) is 0 Å². The molecule has 1 aromatic rings. The summed E-state index contributed by atoms with van der Waals surface area (Å²) in [6.07, 6.45) is 2.56. The number of aryl methyl sites for hydroxylation is 1. The second kappa shape index (κ2) is 6.00. The third-order valence-electron chi connectivity index (χ3n) is 2.17. The van der Waals surface area contributed by atoms with Crippen molar-refractivity contribution >= 4 is 11.7 Å². The normalized spacial score (nSPS) is 12.1. The van der Waals surface area contributed by atoms with Gasteiger partial charge in [-0.1, -0.05) is 6.92 Å². The van der Waals surface area contributed by atoms with Gasteiger partial charge in [0.15, 0.2) is 5.82 Å². The molecular weight excluding hydrogens is 224 g/mol. The Morgan fingerprint density at radius 3 is 3.00 bits per heavy atom. The van der Waals surface area contributed by atoms with E-state index < -0.39 is 12.0 Å². The Balaban J connectivity index is 2.75. The molecule has 0 radical (unpaired) electrons. The molecule has 0 fully saturated rings. The summed E-state index contributed by atoms with van der Waals surface area (Å²) in [6.45, 7) is 2.42. The number of carbonyl (C=O) groups excluding carboxylic acids is 1. The van der Waals surface area contributed by atoms with Crippen LogP contribution in [0.1, 0.15) is 13.3 Å². The average Bonchev–Trinajstić information content (AvgIpc) is 2.30. The molecule has 17 heavy (non-hydrogen) atoms. The molecule has 1 rings (SSSR count). The summed E-state index contributed by atoms with van der Waals surface area (Å²) >= 11 is 0. The van der Waals surface area contributed by atoms with Crippen molar-refractivity contribution in [2.24, 2.45) is 5.73 Å². The van der Waals surface area contributed by atoms with E-state index in [-0.39, 0.29) is 17.9 Å². The topological polar surface area (TPSA) is 110 Å². The molecule has 0 aromatic carbocycles. The average molecular weight is 240 g/mol. The Kier molecular flexibility index (Phi) is 4.65. The largest absolute Gasteiger partial charge is 0.381 e. The van der Waals surface area contributed by atoms with Gasteiger partial charge in [-0.15, -0.1) is 0 Å². The Labute approximate surface area is 98.3 Å². The van der Waals surface area contributed by atoms with E-state index >= 15 is 0 Å².